The Bertz CT molecular complexity index is 701. The number of carbonyl (C=O) groups is 2. The molecule has 4 N–H and O–H groups in total. The van der Waals surface area contributed by atoms with Gasteiger partial charge in [-0.3, -0.25) is 9.59 Å². The summed E-state index contributed by atoms with van der Waals surface area (Å²) >= 11 is 5.98. The lowest BCUT2D eigenvalue weighted by atomic mass is 10.1. The number of nitrogens with one attached hydrogen (secondary N) is 2. The molecule has 0 atom stereocenters. The molecule has 0 aromatic heterocycles. The molecule has 0 aliphatic rings. The molecule has 5 nitrogen and oxygen atoms in total. The fraction of sp³-hybridized carbons (Fsp3) is 0.0667. The highest BCUT2D eigenvalue weighted by Gasteiger charge is 2.12. The Labute approximate surface area is 127 Å². The van der Waals surface area contributed by atoms with Crippen molar-refractivity contribution in [2.24, 2.45) is 0 Å². The van der Waals surface area contributed by atoms with Crippen molar-refractivity contribution in [3.05, 3.63) is 58.6 Å². The number of benzene rings is 2. The molecule has 2 aromatic carbocycles. The maximum Gasteiger partial charge on any atom is 0.257 e. The van der Waals surface area contributed by atoms with Crippen LogP contribution >= 0.6 is 11.6 Å². The van der Waals surface area contributed by atoms with E-state index in [4.69, 9.17) is 17.3 Å². The lowest BCUT2D eigenvalue weighted by molar-refractivity contribution is 0.0961. The third-order valence-electron chi connectivity index (χ3n) is 2.84. The summed E-state index contributed by atoms with van der Waals surface area (Å²) < 4.78 is 0. The number of hydrogen-bond donors (Lipinski definition) is 3. The minimum atomic E-state index is -0.388. The highest BCUT2D eigenvalue weighted by Crippen LogP contribution is 2.20. The number of rotatable bonds is 3. The molecule has 2 amide bonds. The monoisotopic (exact) mass is 303 g/mol. The molecule has 0 radical (unpaired) electrons. The van der Waals surface area contributed by atoms with Crippen molar-refractivity contribution in [1.82, 2.24) is 5.32 Å². The van der Waals surface area contributed by atoms with Crippen LogP contribution in [0, 0.1) is 0 Å². The number of carbonyl (C=O) groups excluding carboxylic acids is 2. The van der Waals surface area contributed by atoms with E-state index in [0.717, 1.165) is 0 Å². The first-order valence-electron chi connectivity index (χ1n) is 6.20. The largest absolute Gasteiger partial charge is 0.399 e. The molecule has 21 heavy (non-hydrogen) atoms. The number of hydrogen-bond acceptors (Lipinski definition) is 3. The van der Waals surface area contributed by atoms with Gasteiger partial charge in [0, 0.05) is 24.0 Å². The zero-order valence-electron chi connectivity index (χ0n) is 11.3. The van der Waals surface area contributed by atoms with Crippen molar-refractivity contribution in [3.8, 4) is 0 Å². The minimum Gasteiger partial charge on any atom is -0.399 e. The molecule has 108 valence electrons. The molecule has 0 saturated carbocycles. The molecule has 0 aliphatic heterocycles. The number of anilines is 2. The average Bonchev–Trinajstić information content (AvgIpc) is 2.49. The summed E-state index contributed by atoms with van der Waals surface area (Å²) in [5.74, 6) is -0.616. The van der Waals surface area contributed by atoms with Gasteiger partial charge in [0.05, 0.1) is 10.6 Å². The summed E-state index contributed by atoms with van der Waals surface area (Å²) in [4.78, 5) is 23.7. The van der Waals surface area contributed by atoms with Gasteiger partial charge in [-0.25, -0.2) is 0 Å². The predicted molar refractivity (Wildman–Crippen MR) is 83.6 cm³/mol. The highest BCUT2D eigenvalue weighted by atomic mass is 35.5. The average molecular weight is 304 g/mol. The van der Waals surface area contributed by atoms with Crippen molar-refractivity contribution in [1.29, 1.82) is 0 Å². The number of halogens is 1. The topological polar surface area (TPSA) is 84.2 Å². The van der Waals surface area contributed by atoms with Gasteiger partial charge in [0.2, 0.25) is 0 Å². The summed E-state index contributed by atoms with van der Waals surface area (Å²) in [6.45, 7) is 0. The van der Waals surface area contributed by atoms with Gasteiger partial charge in [-0.1, -0.05) is 17.7 Å². The Kier molecular flexibility index (Phi) is 4.45. The zero-order chi connectivity index (χ0) is 15.4. The molecular formula is C15H14ClN3O2. The van der Waals surface area contributed by atoms with E-state index in [1.54, 1.807) is 43.4 Å². The summed E-state index contributed by atoms with van der Waals surface area (Å²) in [5, 5.41) is 5.52. The number of nitrogen functional groups attached to an aromatic ring is 1. The third-order valence-corrected chi connectivity index (χ3v) is 3.17. The maximum atomic E-state index is 12.2. The SMILES string of the molecule is CNC(=O)c1cccc(NC(=O)c2cc(N)ccc2Cl)c1. The summed E-state index contributed by atoms with van der Waals surface area (Å²) in [6.07, 6.45) is 0. The lowest BCUT2D eigenvalue weighted by Crippen LogP contribution is -2.18. The zero-order valence-corrected chi connectivity index (χ0v) is 12.1. The highest BCUT2D eigenvalue weighted by molar-refractivity contribution is 6.34. The first-order chi connectivity index (χ1) is 10.0. The second kappa shape index (κ2) is 6.28. The van der Waals surface area contributed by atoms with Crippen LogP contribution in [0.2, 0.25) is 5.02 Å². The third kappa shape index (κ3) is 3.52. The molecule has 0 fully saturated rings. The van der Waals surface area contributed by atoms with Crippen LogP contribution in [0.15, 0.2) is 42.5 Å². The quantitative estimate of drug-likeness (QED) is 0.762. The van der Waals surface area contributed by atoms with E-state index < -0.39 is 0 Å². The molecular weight excluding hydrogens is 290 g/mol. The van der Waals surface area contributed by atoms with E-state index >= 15 is 0 Å². The molecule has 0 heterocycles. The molecule has 6 heteroatoms. The van der Waals surface area contributed by atoms with Gasteiger partial charge in [0.15, 0.2) is 0 Å². The van der Waals surface area contributed by atoms with E-state index in [1.165, 1.54) is 6.07 Å². The molecule has 0 spiro atoms. The van der Waals surface area contributed by atoms with E-state index in [0.29, 0.717) is 22.0 Å². The van der Waals surface area contributed by atoms with Crippen LogP contribution in [-0.2, 0) is 0 Å². The van der Waals surface area contributed by atoms with Gasteiger partial charge in [0.1, 0.15) is 0 Å². The Morgan fingerprint density at radius 1 is 1.10 bits per heavy atom. The summed E-state index contributed by atoms with van der Waals surface area (Å²) in [7, 11) is 1.54. The van der Waals surface area contributed by atoms with Gasteiger partial charge in [-0.15, -0.1) is 0 Å². The van der Waals surface area contributed by atoms with Crippen LogP contribution in [0.3, 0.4) is 0 Å². The normalized spacial score (nSPS) is 10.0. The minimum absolute atomic E-state index is 0.229. The Balaban J connectivity index is 2.23. The van der Waals surface area contributed by atoms with Gasteiger partial charge < -0.3 is 16.4 Å². The molecule has 2 aromatic rings. The van der Waals surface area contributed by atoms with Crippen molar-refractivity contribution >= 4 is 34.8 Å². The van der Waals surface area contributed by atoms with Crippen molar-refractivity contribution in [3.63, 3.8) is 0 Å². The van der Waals surface area contributed by atoms with Crippen molar-refractivity contribution in [2.45, 2.75) is 0 Å². The van der Waals surface area contributed by atoms with Gasteiger partial charge in [-0.05, 0) is 36.4 Å². The van der Waals surface area contributed by atoms with Gasteiger partial charge in [0.25, 0.3) is 11.8 Å². The first-order valence-corrected chi connectivity index (χ1v) is 6.57. The van der Waals surface area contributed by atoms with E-state index in [2.05, 4.69) is 10.6 Å². The summed E-state index contributed by atoms with van der Waals surface area (Å²) in [6, 6.07) is 11.3. The van der Waals surface area contributed by atoms with Crippen molar-refractivity contribution < 1.29 is 9.59 Å². The Hall–Kier alpha value is -2.53. The molecule has 0 unspecified atom stereocenters. The molecule has 0 aliphatic carbocycles. The van der Waals surface area contributed by atoms with Crippen LogP contribution in [0.5, 0.6) is 0 Å². The number of nitrogens with two attached hydrogens (primary N) is 1. The Morgan fingerprint density at radius 2 is 1.86 bits per heavy atom. The Morgan fingerprint density at radius 3 is 2.57 bits per heavy atom. The fourth-order valence-electron chi connectivity index (χ4n) is 1.80. The van der Waals surface area contributed by atoms with Crippen molar-refractivity contribution in [2.75, 3.05) is 18.1 Å². The standard InChI is InChI=1S/C15H14ClN3O2/c1-18-14(20)9-3-2-4-11(7-9)19-15(21)12-8-10(17)5-6-13(12)16/h2-8H,17H2,1H3,(H,18,20)(H,19,21). The first kappa shape index (κ1) is 14.9. The van der Waals surface area contributed by atoms with Crippen LogP contribution in [0.25, 0.3) is 0 Å². The van der Waals surface area contributed by atoms with Crippen LogP contribution in [0.4, 0.5) is 11.4 Å². The van der Waals surface area contributed by atoms with E-state index in [-0.39, 0.29) is 17.4 Å². The van der Waals surface area contributed by atoms with Crippen LogP contribution in [0.1, 0.15) is 20.7 Å². The van der Waals surface area contributed by atoms with E-state index in [1.807, 2.05) is 0 Å². The van der Waals surface area contributed by atoms with E-state index in [9.17, 15) is 9.59 Å². The lowest BCUT2D eigenvalue weighted by Gasteiger charge is -2.09. The predicted octanol–water partition coefficient (Wildman–Crippen LogP) is 2.53. The number of amides is 2. The second-order valence-electron chi connectivity index (χ2n) is 4.35. The van der Waals surface area contributed by atoms with Gasteiger partial charge >= 0.3 is 0 Å². The molecule has 0 bridgehead atoms. The second-order valence-corrected chi connectivity index (χ2v) is 4.76. The van der Waals surface area contributed by atoms with Crippen LogP contribution in [-0.4, -0.2) is 18.9 Å². The fourth-order valence-corrected chi connectivity index (χ4v) is 2.00. The van der Waals surface area contributed by atoms with Gasteiger partial charge in [-0.2, -0.15) is 0 Å². The molecule has 0 saturated heterocycles. The van der Waals surface area contributed by atoms with Crippen LogP contribution < -0.4 is 16.4 Å². The molecule has 2 rings (SSSR count). The maximum absolute atomic E-state index is 12.2. The smallest absolute Gasteiger partial charge is 0.257 e. The summed E-state index contributed by atoms with van der Waals surface area (Å²) in [5.41, 5.74) is 7.33.